The van der Waals surface area contributed by atoms with Crippen LogP contribution in [0.3, 0.4) is 0 Å². The highest BCUT2D eigenvalue weighted by Gasteiger charge is 2.03. The van der Waals surface area contributed by atoms with E-state index in [1.807, 2.05) is 12.3 Å². The lowest BCUT2D eigenvalue weighted by molar-refractivity contribution is 0.827. The monoisotopic (exact) mass is 175 g/mol. The molecule has 0 bridgehead atoms. The van der Waals surface area contributed by atoms with Crippen molar-refractivity contribution in [2.24, 2.45) is 12.8 Å². The van der Waals surface area contributed by atoms with Gasteiger partial charge in [0.2, 0.25) is 0 Å². The maximum atomic E-state index is 5.52. The van der Waals surface area contributed by atoms with E-state index in [0.717, 1.165) is 11.9 Å². The first-order valence-electron chi connectivity index (χ1n) is 4.42. The van der Waals surface area contributed by atoms with Crippen LogP contribution >= 0.6 is 0 Å². The summed E-state index contributed by atoms with van der Waals surface area (Å²) in [6.45, 7) is 0.685. The third-order valence-corrected chi connectivity index (χ3v) is 2.31. The predicted octanol–water partition coefficient (Wildman–Crippen LogP) is 1.07. The molecule has 0 atom stereocenters. The minimum absolute atomic E-state index is 0.685. The highest BCUT2D eigenvalue weighted by molar-refractivity contribution is 5.76. The van der Waals surface area contributed by atoms with E-state index in [-0.39, 0.29) is 0 Å². The topological polar surface area (TPSA) is 43.8 Å². The fourth-order valence-corrected chi connectivity index (χ4v) is 1.60. The van der Waals surface area contributed by atoms with Gasteiger partial charge in [0, 0.05) is 18.9 Å². The van der Waals surface area contributed by atoms with E-state index in [1.54, 1.807) is 0 Å². The van der Waals surface area contributed by atoms with Gasteiger partial charge < -0.3 is 10.3 Å². The van der Waals surface area contributed by atoms with E-state index in [1.165, 1.54) is 11.2 Å². The van der Waals surface area contributed by atoms with Crippen molar-refractivity contribution in [3.05, 3.63) is 30.1 Å². The van der Waals surface area contributed by atoms with Gasteiger partial charge >= 0.3 is 0 Å². The van der Waals surface area contributed by atoms with Crippen LogP contribution in [0.4, 0.5) is 0 Å². The van der Waals surface area contributed by atoms with Gasteiger partial charge in [0.15, 0.2) is 0 Å². The van der Waals surface area contributed by atoms with Crippen molar-refractivity contribution in [1.29, 1.82) is 0 Å². The molecule has 0 saturated heterocycles. The zero-order valence-corrected chi connectivity index (χ0v) is 7.70. The summed E-state index contributed by atoms with van der Waals surface area (Å²) in [4.78, 5) is 4.28. The lowest BCUT2D eigenvalue weighted by Gasteiger charge is -2.00. The molecule has 13 heavy (non-hydrogen) atoms. The molecule has 2 heterocycles. The molecule has 2 aromatic rings. The standard InChI is InChI=1S/C10H13N3/c1-13-8(4-5-11)7-9-10(13)3-2-6-12-9/h2-3,6-7H,4-5,11H2,1H3. The van der Waals surface area contributed by atoms with Crippen LogP contribution in [0.2, 0.25) is 0 Å². The first-order valence-corrected chi connectivity index (χ1v) is 4.42. The van der Waals surface area contributed by atoms with Crippen molar-refractivity contribution >= 4 is 11.0 Å². The molecule has 2 aromatic heterocycles. The van der Waals surface area contributed by atoms with Gasteiger partial charge in [0.25, 0.3) is 0 Å². The van der Waals surface area contributed by atoms with Crippen molar-refractivity contribution < 1.29 is 0 Å². The summed E-state index contributed by atoms with van der Waals surface area (Å²) >= 11 is 0. The summed E-state index contributed by atoms with van der Waals surface area (Å²) in [5.41, 5.74) is 8.99. The number of hydrogen-bond donors (Lipinski definition) is 1. The van der Waals surface area contributed by atoms with E-state index in [2.05, 4.69) is 28.7 Å². The Balaban J connectivity index is 2.60. The molecule has 0 aliphatic carbocycles. The van der Waals surface area contributed by atoms with Gasteiger partial charge in [-0.15, -0.1) is 0 Å². The van der Waals surface area contributed by atoms with Crippen molar-refractivity contribution in [3.63, 3.8) is 0 Å². The molecule has 0 unspecified atom stereocenters. The molecule has 3 heteroatoms. The van der Waals surface area contributed by atoms with Crippen LogP contribution in [0.25, 0.3) is 11.0 Å². The minimum atomic E-state index is 0.685. The molecular weight excluding hydrogens is 162 g/mol. The highest BCUT2D eigenvalue weighted by Crippen LogP contribution is 2.15. The largest absolute Gasteiger partial charge is 0.346 e. The Bertz CT molecular complexity index is 417. The zero-order chi connectivity index (χ0) is 9.26. The van der Waals surface area contributed by atoms with Gasteiger partial charge in [-0.05, 0) is 31.2 Å². The van der Waals surface area contributed by atoms with Crippen LogP contribution in [0.5, 0.6) is 0 Å². The van der Waals surface area contributed by atoms with Crippen LogP contribution in [0.1, 0.15) is 5.69 Å². The normalized spacial score (nSPS) is 10.9. The van der Waals surface area contributed by atoms with Gasteiger partial charge in [-0.2, -0.15) is 0 Å². The van der Waals surface area contributed by atoms with Crippen LogP contribution in [-0.4, -0.2) is 16.1 Å². The number of nitrogens with zero attached hydrogens (tertiary/aromatic N) is 2. The zero-order valence-electron chi connectivity index (χ0n) is 7.70. The average Bonchev–Trinajstić information content (AvgIpc) is 2.46. The molecule has 0 aromatic carbocycles. The summed E-state index contributed by atoms with van der Waals surface area (Å²) in [5, 5.41) is 0. The quantitative estimate of drug-likeness (QED) is 0.742. The van der Waals surface area contributed by atoms with Crippen molar-refractivity contribution in [3.8, 4) is 0 Å². The molecule has 0 spiro atoms. The maximum Gasteiger partial charge on any atom is 0.0883 e. The van der Waals surface area contributed by atoms with Gasteiger partial charge in [-0.25, -0.2) is 0 Å². The minimum Gasteiger partial charge on any atom is -0.346 e. The predicted molar refractivity (Wildman–Crippen MR) is 53.5 cm³/mol. The molecular formula is C10H13N3. The molecule has 68 valence electrons. The summed E-state index contributed by atoms with van der Waals surface area (Å²) in [6, 6.07) is 6.12. The Morgan fingerprint density at radius 1 is 1.54 bits per heavy atom. The van der Waals surface area contributed by atoms with E-state index >= 15 is 0 Å². The molecule has 2 N–H and O–H groups in total. The molecule has 0 saturated carbocycles. The van der Waals surface area contributed by atoms with E-state index in [9.17, 15) is 0 Å². The number of hydrogen-bond acceptors (Lipinski definition) is 2. The Kier molecular flexibility index (Phi) is 2.02. The first kappa shape index (κ1) is 8.26. The van der Waals surface area contributed by atoms with Crippen molar-refractivity contribution in [2.75, 3.05) is 6.54 Å². The Morgan fingerprint density at radius 2 is 2.38 bits per heavy atom. The van der Waals surface area contributed by atoms with Crippen molar-refractivity contribution in [1.82, 2.24) is 9.55 Å². The summed E-state index contributed by atoms with van der Waals surface area (Å²) in [7, 11) is 2.05. The fourth-order valence-electron chi connectivity index (χ4n) is 1.60. The number of aryl methyl sites for hydroxylation is 1. The molecule has 2 rings (SSSR count). The van der Waals surface area contributed by atoms with E-state index < -0.39 is 0 Å². The molecule has 0 aliphatic rings. The van der Waals surface area contributed by atoms with Gasteiger partial charge in [0.05, 0.1) is 11.0 Å². The SMILES string of the molecule is Cn1c(CCN)cc2ncccc21. The molecule has 3 nitrogen and oxygen atoms in total. The summed E-state index contributed by atoms with van der Waals surface area (Å²) in [6.07, 6.45) is 2.72. The summed E-state index contributed by atoms with van der Waals surface area (Å²) < 4.78 is 2.15. The number of rotatable bonds is 2. The third-order valence-electron chi connectivity index (χ3n) is 2.31. The Hall–Kier alpha value is -1.35. The molecule has 0 amide bonds. The first-order chi connectivity index (χ1) is 6.33. The van der Waals surface area contributed by atoms with Gasteiger partial charge in [-0.1, -0.05) is 0 Å². The van der Waals surface area contributed by atoms with E-state index in [0.29, 0.717) is 6.54 Å². The fraction of sp³-hybridized carbons (Fsp3) is 0.300. The second-order valence-corrected chi connectivity index (χ2v) is 3.14. The van der Waals surface area contributed by atoms with Crippen LogP contribution < -0.4 is 5.73 Å². The van der Waals surface area contributed by atoms with Crippen LogP contribution in [0, 0.1) is 0 Å². The highest BCUT2D eigenvalue weighted by atomic mass is 15.0. The smallest absolute Gasteiger partial charge is 0.0883 e. The second-order valence-electron chi connectivity index (χ2n) is 3.14. The molecule has 0 aliphatic heterocycles. The van der Waals surface area contributed by atoms with Crippen LogP contribution in [-0.2, 0) is 13.5 Å². The van der Waals surface area contributed by atoms with E-state index in [4.69, 9.17) is 5.73 Å². The number of nitrogens with two attached hydrogens (primary N) is 1. The lowest BCUT2D eigenvalue weighted by Crippen LogP contribution is -2.06. The number of aromatic nitrogens is 2. The third kappa shape index (κ3) is 1.31. The Morgan fingerprint density at radius 3 is 3.08 bits per heavy atom. The summed E-state index contributed by atoms with van der Waals surface area (Å²) in [5.74, 6) is 0. The number of fused-ring (bicyclic) bond motifs is 1. The van der Waals surface area contributed by atoms with Gasteiger partial charge in [0.1, 0.15) is 0 Å². The second kappa shape index (κ2) is 3.18. The van der Waals surface area contributed by atoms with Gasteiger partial charge in [-0.3, -0.25) is 4.98 Å². The average molecular weight is 175 g/mol. The van der Waals surface area contributed by atoms with Crippen molar-refractivity contribution in [2.45, 2.75) is 6.42 Å². The number of pyridine rings is 1. The molecule has 0 radical (unpaired) electrons. The molecule has 0 fully saturated rings. The van der Waals surface area contributed by atoms with Crippen LogP contribution in [0.15, 0.2) is 24.4 Å². The Labute approximate surface area is 77.2 Å². The maximum absolute atomic E-state index is 5.52. The lowest BCUT2D eigenvalue weighted by atomic mass is 10.3.